The Hall–Kier alpha value is -0.610. The van der Waals surface area contributed by atoms with E-state index in [9.17, 15) is 0 Å². The van der Waals surface area contributed by atoms with Gasteiger partial charge in [-0.3, -0.25) is 4.57 Å². The molecule has 2 rings (SSSR count). The minimum Gasteiger partial charge on any atom is -0.376 e. The number of halogens is 1. The van der Waals surface area contributed by atoms with Crippen molar-refractivity contribution in [2.45, 2.75) is 51.7 Å². The molecule has 0 radical (unpaired) electrons. The lowest BCUT2D eigenvalue weighted by Gasteiger charge is -2.24. The van der Waals surface area contributed by atoms with E-state index in [2.05, 4.69) is 24.0 Å². The lowest BCUT2D eigenvalue weighted by molar-refractivity contribution is 0.00544. The van der Waals surface area contributed by atoms with Gasteiger partial charge in [-0.15, -0.1) is 10.2 Å². The topological polar surface area (TPSA) is 39.9 Å². The first-order valence-corrected chi connectivity index (χ1v) is 6.26. The van der Waals surface area contributed by atoms with Crippen molar-refractivity contribution in [3.05, 3.63) is 11.1 Å². The maximum absolute atomic E-state index is 6.04. The quantitative estimate of drug-likeness (QED) is 0.819. The zero-order valence-electron chi connectivity index (χ0n) is 9.82. The molecule has 1 unspecified atom stereocenters. The van der Waals surface area contributed by atoms with Gasteiger partial charge in [0.05, 0.1) is 12.6 Å². The van der Waals surface area contributed by atoms with Crippen LogP contribution in [-0.2, 0) is 11.3 Å². The van der Waals surface area contributed by atoms with E-state index >= 15 is 0 Å². The molecule has 0 aromatic carbocycles. The third-order valence-corrected chi connectivity index (χ3v) is 3.19. The van der Waals surface area contributed by atoms with Crippen LogP contribution in [0, 0.1) is 0 Å². The van der Waals surface area contributed by atoms with Gasteiger partial charge in [0.25, 0.3) is 0 Å². The molecule has 90 valence electrons. The van der Waals surface area contributed by atoms with Gasteiger partial charge < -0.3 is 4.74 Å². The van der Waals surface area contributed by atoms with E-state index in [0.717, 1.165) is 25.4 Å². The van der Waals surface area contributed by atoms with E-state index in [1.807, 2.05) is 4.57 Å². The van der Waals surface area contributed by atoms with Crippen LogP contribution < -0.4 is 0 Å². The number of ether oxygens (including phenoxy) is 1. The summed E-state index contributed by atoms with van der Waals surface area (Å²) in [5.74, 6) is 1.28. The van der Waals surface area contributed by atoms with Crippen molar-refractivity contribution in [3.8, 4) is 0 Å². The van der Waals surface area contributed by atoms with Gasteiger partial charge in [0.2, 0.25) is 5.28 Å². The minimum absolute atomic E-state index is 0.264. The molecule has 0 saturated carbocycles. The Balaban J connectivity index is 2.09. The molecule has 1 saturated heterocycles. The molecule has 16 heavy (non-hydrogen) atoms. The predicted octanol–water partition coefficient (Wildman–Crippen LogP) is 2.62. The Bertz CT molecular complexity index is 345. The van der Waals surface area contributed by atoms with E-state index in [1.54, 1.807) is 0 Å². The van der Waals surface area contributed by atoms with Gasteiger partial charge in [-0.2, -0.15) is 0 Å². The van der Waals surface area contributed by atoms with Crippen molar-refractivity contribution in [3.63, 3.8) is 0 Å². The molecular formula is C11H18ClN3O. The van der Waals surface area contributed by atoms with Crippen LogP contribution in [0.15, 0.2) is 0 Å². The molecule has 2 heterocycles. The molecule has 1 atom stereocenters. The van der Waals surface area contributed by atoms with Crippen LogP contribution in [-0.4, -0.2) is 27.5 Å². The summed E-state index contributed by atoms with van der Waals surface area (Å²) in [6, 6.07) is 0. The number of rotatable bonds is 3. The van der Waals surface area contributed by atoms with Gasteiger partial charge in [-0.1, -0.05) is 13.8 Å². The third-order valence-electron chi connectivity index (χ3n) is 2.91. The molecule has 4 nitrogen and oxygen atoms in total. The second kappa shape index (κ2) is 5.15. The molecule has 5 heteroatoms. The standard InChI is InChI=1S/C11H18ClN3O/c1-8(2)10-13-14-11(12)15(10)7-9-5-3-4-6-16-9/h8-9H,3-7H2,1-2H3. The summed E-state index contributed by atoms with van der Waals surface area (Å²) in [4.78, 5) is 0. The molecule has 1 aliphatic rings. The first kappa shape index (κ1) is 11.9. The Morgan fingerprint density at radius 1 is 1.44 bits per heavy atom. The summed E-state index contributed by atoms with van der Waals surface area (Å²) in [6.07, 6.45) is 3.77. The van der Waals surface area contributed by atoms with Gasteiger partial charge >= 0.3 is 0 Å². The van der Waals surface area contributed by atoms with Crippen molar-refractivity contribution >= 4 is 11.6 Å². The molecule has 1 aliphatic heterocycles. The molecule has 1 aromatic rings. The Labute approximate surface area is 101 Å². The molecule has 0 bridgehead atoms. The summed E-state index contributed by atoms with van der Waals surface area (Å²) in [6.45, 7) is 5.83. The second-order valence-electron chi connectivity index (χ2n) is 4.58. The number of nitrogens with zero attached hydrogens (tertiary/aromatic N) is 3. The first-order chi connectivity index (χ1) is 7.68. The molecule has 0 N–H and O–H groups in total. The smallest absolute Gasteiger partial charge is 0.225 e. The highest BCUT2D eigenvalue weighted by Gasteiger charge is 2.19. The molecule has 0 amide bonds. The van der Waals surface area contributed by atoms with Crippen LogP contribution in [0.1, 0.15) is 44.9 Å². The van der Waals surface area contributed by atoms with Gasteiger partial charge in [-0.25, -0.2) is 0 Å². The summed E-state index contributed by atoms with van der Waals surface area (Å²) in [5.41, 5.74) is 0. The van der Waals surface area contributed by atoms with E-state index in [1.165, 1.54) is 12.8 Å². The summed E-state index contributed by atoms with van der Waals surface area (Å²) in [7, 11) is 0. The van der Waals surface area contributed by atoms with E-state index in [0.29, 0.717) is 11.2 Å². The average molecular weight is 244 g/mol. The molecule has 1 aromatic heterocycles. The lowest BCUT2D eigenvalue weighted by atomic mass is 10.1. The second-order valence-corrected chi connectivity index (χ2v) is 4.92. The zero-order valence-corrected chi connectivity index (χ0v) is 10.6. The molecule has 0 aliphatic carbocycles. The fraction of sp³-hybridized carbons (Fsp3) is 0.818. The monoisotopic (exact) mass is 243 g/mol. The zero-order chi connectivity index (χ0) is 11.5. The van der Waals surface area contributed by atoms with Crippen molar-refractivity contribution < 1.29 is 4.74 Å². The number of hydrogen-bond acceptors (Lipinski definition) is 3. The summed E-state index contributed by atoms with van der Waals surface area (Å²) in [5, 5.41) is 8.50. The predicted molar refractivity (Wildman–Crippen MR) is 62.7 cm³/mol. The molecule has 1 fully saturated rings. The average Bonchev–Trinajstić information content (AvgIpc) is 2.62. The van der Waals surface area contributed by atoms with Gasteiger partial charge in [0.1, 0.15) is 5.82 Å². The molecular weight excluding hydrogens is 226 g/mol. The van der Waals surface area contributed by atoms with Crippen molar-refractivity contribution in [2.24, 2.45) is 0 Å². The fourth-order valence-electron chi connectivity index (χ4n) is 2.05. The van der Waals surface area contributed by atoms with Gasteiger partial charge in [0.15, 0.2) is 0 Å². The van der Waals surface area contributed by atoms with Gasteiger partial charge in [0, 0.05) is 12.5 Å². The van der Waals surface area contributed by atoms with Crippen molar-refractivity contribution in [1.82, 2.24) is 14.8 Å². The van der Waals surface area contributed by atoms with Crippen LogP contribution in [0.3, 0.4) is 0 Å². The Morgan fingerprint density at radius 3 is 2.88 bits per heavy atom. The summed E-state index contributed by atoms with van der Waals surface area (Å²) < 4.78 is 7.68. The van der Waals surface area contributed by atoms with Crippen LogP contribution in [0.5, 0.6) is 0 Å². The van der Waals surface area contributed by atoms with Gasteiger partial charge in [-0.05, 0) is 30.9 Å². The van der Waals surface area contributed by atoms with E-state index in [-0.39, 0.29) is 6.10 Å². The Morgan fingerprint density at radius 2 is 2.25 bits per heavy atom. The normalized spacial score (nSPS) is 21.6. The van der Waals surface area contributed by atoms with Crippen LogP contribution in [0.2, 0.25) is 5.28 Å². The fourth-order valence-corrected chi connectivity index (χ4v) is 2.24. The minimum atomic E-state index is 0.264. The maximum atomic E-state index is 6.04. The number of aromatic nitrogens is 3. The Kier molecular flexibility index (Phi) is 3.82. The largest absolute Gasteiger partial charge is 0.376 e. The maximum Gasteiger partial charge on any atom is 0.225 e. The number of hydrogen-bond donors (Lipinski definition) is 0. The first-order valence-electron chi connectivity index (χ1n) is 5.88. The van der Waals surface area contributed by atoms with Crippen LogP contribution in [0.4, 0.5) is 0 Å². The highest BCUT2D eigenvalue weighted by Crippen LogP contribution is 2.20. The van der Waals surface area contributed by atoms with Crippen molar-refractivity contribution in [1.29, 1.82) is 0 Å². The van der Waals surface area contributed by atoms with Crippen LogP contribution in [0.25, 0.3) is 0 Å². The SMILES string of the molecule is CC(C)c1nnc(Cl)n1CC1CCCCO1. The highest BCUT2D eigenvalue weighted by atomic mass is 35.5. The third kappa shape index (κ3) is 2.55. The van der Waals surface area contributed by atoms with Crippen LogP contribution >= 0.6 is 11.6 Å². The highest BCUT2D eigenvalue weighted by molar-refractivity contribution is 6.28. The molecule has 0 spiro atoms. The van der Waals surface area contributed by atoms with E-state index in [4.69, 9.17) is 16.3 Å². The lowest BCUT2D eigenvalue weighted by Crippen LogP contribution is -2.25. The van der Waals surface area contributed by atoms with Crippen molar-refractivity contribution in [2.75, 3.05) is 6.61 Å². The summed E-state index contributed by atoms with van der Waals surface area (Å²) >= 11 is 6.04. The van der Waals surface area contributed by atoms with E-state index < -0.39 is 0 Å².